The van der Waals surface area contributed by atoms with Crippen molar-refractivity contribution in [2.75, 3.05) is 11.5 Å². The summed E-state index contributed by atoms with van der Waals surface area (Å²) in [4.78, 5) is 21.2. The predicted octanol–water partition coefficient (Wildman–Crippen LogP) is 3.68. The number of aromatic nitrogens is 4. The molecule has 0 aromatic carbocycles. The molecule has 4 rings (SSSR count). The molecular weight excluding hydrogens is 442 g/mol. The fourth-order valence-corrected chi connectivity index (χ4v) is 6.33. The van der Waals surface area contributed by atoms with Crippen molar-refractivity contribution in [2.45, 2.75) is 39.8 Å². The van der Waals surface area contributed by atoms with Gasteiger partial charge in [-0.05, 0) is 26.0 Å². The van der Waals surface area contributed by atoms with Crippen LogP contribution in [0.15, 0.2) is 30.7 Å². The minimum atomic E-state index is -3.05. The summed E-state index contributed by atoms with van der Waals surface area (Å²) in [5.41, 5.74) is 1.77. The third kappa shape index (κ3) is 4.34. The van der Waals surface area contributed by atoms with Crippen molar-refractivity contribution in [3.63, 3.8) is 0 Å². The van der Waals surface area contributed by atoms with Gasteiger partial charge >= 0.3 is 6.61 Å². The number of carbonyl (C=O) groups excluding carboxylic acids is 1. The predicted molar refractivity (Wildman–Crippen MR) is 113 cm³/mol. The van der Waals surface area contributed by atoms with Crippen LogP contribution in [0, 0.1) is 5.41 Å². The van der Waals surface area contributed by atoms with Crippen molar-refractivity contribution in [1.82, 2.24) is 19.7 Å². The molecule has 4 heterocycles. The third-order valence-corrected chi connectivity index (χ3v) is 7.57. The Hall–Kier alpha value is -2.95. The summed E-state index contributed by atoms with van der Waals surface area (Å²) >= 11 is 0. The molecule has 3 aromatic rings. The van der Waals surface area contributed by atoms with E-state index in [9.17, 15) is 22.0 Å². The number of Topliss-reactive ketones (excluding diaryl/α,β-unsaturated/α-hetero) is 1. The number of sulfone groups is 1. The second kappa shape index (κ2) is 7.88. The Morgan fingerprint density at radius 3 is 2.56 bits per heavy atom. The van der Waals surface area contributed by atoms with Crippen LogP contribution >= 0.6 is 0 Å². The molecule has 0 saturated carbocycles. The molecule has 3 aromatic heterocycles. The maximum atomic E-state index is 12.9. The van der Waals surface area contributed by atoms with Gasteiger partial charge in [0.25, 0.3) is 0 Å². The Morgan fingerprint density at radius 2 is 1.94 bits per heavy atom. The summed E-state index contributed by atoms with van der Waals surface area (Å²) in [6.45, 7) is 2.64. The van der Waals surface area contributed by atoms with E-state index in [1.165, 1.54) is 24.7 Å². The molecule has 170 valence electrons. The maximum absolute atomic E-state index is 12.9. The number of alkyl halides is 2. The molecule has 1 aliphatic rings. The van der Waals surface area contributed by atoms with Crippen LogP contribution in [0.3, 0.4) is 0 Å². The molecule has 0 amide bonds. The van der Waals surface area contributed by atoms with Gasteiger partial charge in [-0.1, -0.05) is 6.92 Å². The molecule has 8 nitrogen and oxygen atoms in total. The number of ketones is 1. The van der Waals surface area contributed by atoms with Crippen molar-refractivity contribution in [3.8, 4) is 17.0 Å². The van der Waals surface area contributed by atoms with Gasteiger partial charge in [0, 0.05) is 41.4 Å². The number of halogens is 2. The number of fused-ring (bicyclic) bond motifs is 1. The SMILES string of the molecule is CC(C)n1nc(-c2cncc(OC(F)F)c2)c2ncc(C(=O)CC3(C)CS(=O)(=O)C3)cc21. The summed E-state index contributed by atoms with van der Waals surface area (Å²) in [5.74, 6) is -0.289. The minimum absolute atomic E-state index is 0.000480. The first-order chi connectivity index (χ1) is 15.0. The van der Waals surface area contributed by atoms with E-state index in [2.05, 4.69) is 19.8 Å². The molecule has 0 N–H and O–H groups in total. The molecule has 1 saturated heterocycles. The van der Waals surface area contributed by atoms with E-state index in [0.717, 1.165) is 0 Å². The van der Waals surface area contributed by atoms with E-state index in [-0.39, 0.29) is 35.5 Å². The van der Waals surface area contributed by atoms with E-state index in [0.29, 0.717) is 27.9 Å². The van der Waals surface area contributed by atoms with Crippen LogP contribution in [-0.4, -0.2) is 52.1 Å². The molecule has 11 heteroatoms. The van der Waals surface area contributed by atoms with Crippen molar-refractivity contribution in [1.29, 1.82) is 0 Å². The van der Waals surface area contributed by atoms with E-state index >= 15 is 0 Å². The van der Waals surface area contributed by atoms with Crippen molar-refractivity contribution >= 4 is 26.7 Å². The highest BCUT2D eigenvalue weighted by molar-refractivity contribution is 7.92. The third-order valence-electron chi connectivity index (χ3n) is 5.29. The maximum Gasteiger partial charge on any atom is 0.387 e. The molecule has 1 fully saturated rings. The summed E-state index contributed by atoms with van der Waals surface area (Å²) in [6.07, 6.45) is 4.20. The van der Waals surface area contributed by atoms with Crippen molar-refractivity contribution in [2.24, 2.45) is 5.41 Å². The lowest BCUT2D eigenvalue weighted by molar-refractivity contribution is -0.0500. The fraction of sp³-hybridized carbons (Fsp3) is 0.429. The lowest BCUT2D eigenvalue weighted by Gasteiger charge is -2.37. The summed E-state index contributed by atoms with van der Waals surface area (Å²) in [5, 5.41) is 4.58. The number of pyridine rings is 2. The molecule has 0 bridgehead atoms. The van der Waals surface area contributed by atoms with Crippen LogP contribution < -0.4 is 4.74 Å². The first-order valence-corrected chi connectivity index (χ1v) is 11.8. The first kappa shape index (κ1) is 22.3. The summed E-state index contributed by atoms with van der Waals surface area (Å²) in [7, 11) is -3.05. The highest BCUT2D eigenvalue weighted by atomic mass is 32.2. The average Bonchev–Trinajstić information content (AvgIpc) is 3.05. The Kier molecular flexibility index (Phi) is 5.48. The highest BCUT2D eigenvalue weighted by Crippen LogP contribution is 2.37. The number of rotatable bonds is 7. The quantitative estimate of drug-likeness (QED) is 0.491. The average molecular weight is 464 g/mol. The molecule has 32 heavy (non-hydrogen) atoms. The lowest BCUT2D eigenvalue weighted by atomic mass is 9.86. The lowest BCUT2D eigenvalue weighted by Crippen LogP contribution is -2.47. The molecular formula is C21H22F2N4O4S. The number of hydrogen-bond acceptors (Lipinski definition) is 7. The normalized spacial score (nSPS) is 17.0. The molecule has 1 aliphatic heterocycles. The van der Waals surface area contributed by atoms with Gasteiger partial charge in [-0.3, -0.25) is 19.4 Å². The van der Waals surface area contributed by atoms with E-state index in [1.807, 2.05) is 13.8 Å². The van der Waals surface area contributed by atoms with Crippen LogP contribution in [0.2, 0.25) is 0 Å². The van der Waals surface area contributed by atoms with Gasteiger partial charge in [0.2, 0.25) is 0 Å². The van der Waals surface area contributed by atoms with Crippen LogP contribution in [0.5, 0.6) is 5.75 Å². The van der Waals surface area contributed by atoms with Gasteiger partial charge in [0.05, 0.1) is 23.2 Å². The van der Waals surface area contributed by atoms with Crippen molar-refractivity contribution in [3.05, 3.63) is 36.3 Å². The van der Waals surface area contributed by atoms with E-state index < -0.39 is 21.9 Å². The van der Waals surface area contributed by atoms with Crippen LogP contribution in [0.25, 0.3) is 22.3 Å². The molecule has 0 radical (unpaired) electrons. The molecule has 0 aliphatic carbocycles. The zero-order valence-electron chi connectivity index (χ0n) is 17.7. The van der Waals surface area contributed by atoms with Crippen LogP contribution in [0.4, 0.5) is 8.78 Å². The Labute approximate surface area is 183 Å². The molecule has 0 spiro atoms. The standard InChI is InChI=1S/C21H22F2N4O4S/c1-12(2)27-16-5-13(17(28)6-21(3)10-32(29,30)11-21)8-25-19(16)18(26-27)14-4-15(9-24-7-14)31-20(22)23/h4-5,7-9,12,20H,6,10-11H2,1-3H3. The second-order valence-electron chi connectivity index (χ2n) is 8.71. The highest BCUT2D eigenvalue weighted by Gasteiger charge is 2.45. The number of ether oxygens (including phenoxy) is 1. The Bertz CT molecular complexity index is 1290. The van der Waals surface area contributed by atoms with Gasteiger partial charge in [0.15, 0.2) is 15.6 Å². The summed E-state index contributed by atoms with van der Waals surface area (Å²) in [6, 6.07) is 3.02. The van der Waals surface area contributed by atoms with Gasteiger partial charge in [0.1, 0.15) is 17.0 Å². The molecule has 0 unspecified atom stereocenters. The summed E-state index contributed by atoms with van der Waals surface area (Å²) < 4.78 is 54.4. The monoisotopic (exact) mass is 464 g/mol. The molecule has 0 atom stereocenters. The van der Waals surface area contributed by atoms with Gasteiger partial charge < -0.3 is 4.74 Å². The van der Waals surface area contributed by atoms with Gasteiger partial charge in [-0.2, -0.15) is 13.9 Å². The zero-order valence-corrected chi connectivity index (χ0v) is 18.6. The first-order valence-electron chi connectivity index (χ1n) is 9.98. The smallest absolute Gasteiger partial charge is 0.387 e. The Balaban J connectivity index is 1.71. The number of nitrogens with zero attached hydrogens (tertiary/aromatic N) is 4. The van der Waals surface area contributed by atoms with Gasteiger partial charge in [-0.15, -0.1) is 0 Å². The Morgan fingerprint density at radius 1 is 1.22 bits per heavy atom. The van der Waals surface area contributed by atoms with Gasteiger partial charge in [-0.25, -0.2) is 8.42 Å². The number of carbonyl (C=O) groups is 1. The largest absolute Gasteiger partial charge is 0.433 e. The van der Waals surface area contributed by atoms with E-state index in [1.54, 1.807) is 17.7 Å². The van der Waals surface area contributed by atoms with Crippen LogP contribution in [-0.2, 0) is 9.84 Å². The van der Waals surface area contributed by atoms with Crippen molar-refractivity contribution < 1.29 is 26.7 Å². The fourth-order valence-electron chi connectivity index (χ4n) is 4.09. The topological polar surface area (TPSA) is 104 Å². The zero-order chi connectivity index (χ0) is 23.3. The minimum Gasteiger partial charge on any atom is -0.433 e. The second-order valence-corrected chi connectivity index (χ2v) is 10.8. The van der Waals surface area contributed by atoms with E-state index in [4.69, 9.17) is 0 Å². The van der Waals surface area contributed by atoms with Crippen LogP contribution in [0.1, 0.15) is 43.6 Å². The number of hydrogen-bond donors (Lipinski definition) is 0.